The molecule has 1 saturated heterocycles. The lowest BCUT2D eigenvalue weighted by atomic mass is 10.1. The lowest BCUT2D eigenvalue weighted by Gasteiger charge is -2.34. The maximum Gasteiger partial charge on any atom is 0.410 e. The first kappa shape index (κ1) is 21.8. The summed E-state index contributed by atoms with van der Waals surface area (Å²) in [5.74, 6) is -1.76. The molecule has 0 saturated carbocycles. The van der Waals surface area contributed by atoms with Gasteiger partial charge in [0, 0.05) is 25.9 Å². The second kappa shape index (κ2) is 8.26. The normalized spacial score (nSPS) is 16.9. The van der Waals surface area contributed by atoms with Gasteiger partial charge in [0.25, 0.3) is 11.8 Å². The van der Waals surface area contributed by atoms with Crippen LogP contribution in [-0.2, 0) is 4.74 Å². The van der Waals surface area contributed by atoms with Gasteiger partial charge in [0.05, 0.1) is 11.1 Å². The maximum atomic E-state index is 14.9. The van der Waals surface area contributed by atoms with Crippen molar-refractivity contribution < 1.29 is 28.2 Å². The largest absolute Gasteiger partial charge is 0.488 e. The highest BCUT2D eigenvalue weighted by Gasteiger charge is 2.40. The zero-order valence-corrected chi connectivity index (χ0v) is 18.3. The standard InChI is InChI=1S/C24H25FN2O5/c1-24(2,3)32-23(30)26-13-11-15(12-14-26)31-19-10-6-9-18(25)20(19)27-21(28)16-7-4-5-8-17(16)22(27)29/h4-10,15H,11-14H2,1-3H3. The van der Waals surface area contributed by atoms with Gasteiger partial charge < -0.3 is 14.4 Å². The molecule has 0 atom stereocenters. The molecule has 7 nitrogen and oxygen atoms in total. The molecule has 1 fully saturated rings. The number of hydrogen-bond acceptors (Lipinski definition) is 5. The van der Waals surface area contributed by atoms with Gasteiger partial charge in [-0.3, -0.25) is 9.59 Å². The van der Waals surface area contributed by atoms with Gasteiger partial charge in [-0.25, -0.2) is 14.1 Å². The lowest BCUT2D eigenvalue weighted by molar-refractivity contribution is 0.0126. The average molecular weight is 440 g/mol. The summed E-state index contributed by atoms with van der Waals surface area (Å²) in [4.78, 5) is 40.4. The molecule has 3 amide bonds. The number of amides is 3. The van der Waals surface area contributed by atoms with Crippen LogP contribution < -0.4 is 9.64 Å². The van der Waals surface area contributed by atoms with E-state index in [2.05, 4.69) is 0 Å². The van der Waals surface area contributed by atoms with Crippen LogP contribution in [0, 0.1) is 5.82 Å². The highest BCUT2D eigenvalue weighted by Crippen LogP contribution is 2.38. The van der Waals surface area contributed by atoms with Gasteiger partial charge in [0.15, 0.2) is 5.82 Å². The molecule has 2 aromatic rings. The third kappa shape index (κ3) is 4.17. The predicted octanol–water partition coefficient (Wildman–Crippen LogP) is 4.40. The maximum absolute atomic E-state index is 14.9. The van der Waals surface area contributed by atoms with Gasteiger partial charge in [-0.05, 0) is 45.0 Å². The second-order valence-corrected chi connectivity index (χ2v) is 8.86. The molecule has 4 rings (SSSR count). The van der Waals surface area contributed by atoms with E-state index in [1.165, 1.54) is 12.1 Å². The third-order valence-electron chi connectivity index (χ3n) is 5.35. The summed E-state index contributed by atoms with van der Waals surface area (Å²) < 4.78 is 26.3. The van der Waals surface area contributed by atoms with Gasteiger partial charge in [-0.15, -0.1) is 0 Å². The highest BCUT2D eigenvalue weighted by atomic mass is 19.1. The summed E-state index contributed by atoms with van der Waals surface area (Å²) in [6.07, 6.45) is 0.340. The summed E-state index contributed by atoms with van der Waals surface area (Å²) in [7, 11) is 0. The monoisotopic (exact) mass is 440 g/mol. The fourth-order valence-corrected chi connectivity index (χ4v) is 3.86. The Morgan fingerprint density at radius 1 is 0.969 bits per heavy atom. The van der Waals surface area contributed by atoms with E-state index in [-0.39, 0.29) is 34.8 Å². The number of nitrogens with zero attached hydrogens (tertiary/aromatic N) is 2. The number of anilines is 1. The lowest BCUT2D eigenvalue weighted by Crippen LogP contribution is -2.44. The van der Waals surface area contributed by atoms with Crippen molar-refractivity contribution in [3.8, 4) is 5.75 Å². The van der Waals surface area contributed by atoms with Gasteiger partial charge in [0.2, 0.25) is 0 Å². The number of benzene rings is 2. The smallest absolute Gasteiger partial charge is 0.410 e. The van der Waals surface area contributed by atoms with Crippen molar-refractivity contribution in [2.75, 3.05) is 18.0 Å². The summed E-state index contributed by atoms with van der Waals surface area (Å²) in [5.41, 5.74) is -0.296. The first-order valence-corrected chi connectivity index (χ1v) is 10.6. The molecule has 0 spiro atoms. The van der Waals surface area contributed by atoms with Crippen LogP contribution >= 0.6 is 0 Å². The van der Waals surface area contributed by atoms with Crippen molar-refractivity contribution in [2.24, 2.45) is 0 Å². The van der Waals surface area contributed by atoms with E-state index in [0.717, 1.165) is 4.90 Å². The van der Waals surface area contributed by atoms with Crippen molar-refractivity contribution in [1.29, 1.82) is 0 Å². The molecule has 0 aromatic heterocycles. The van der Waals surface area contributed by atoms with Gasteiger partial charge >= 0.3 is 6.09 Å². The number of rotatable bonds is 3. The van der Waals surface area contributed by atoms with E-state index in [1.807, 2.05) is 20.8 Å². The molecule has 0 bridgehead atoms. The molecule has 2 aromatic carbocycles. The Labute approximate surface area is 185 Å². The van der Waals surface area contributed by atoms with Crippen LogP contribution in [-0.4, -0.2) is 47.6 Å². The number of piperidine rings is 1. The third-order valence-corrected chi connectivity index (χ3v) is 5.35. The molecule has 2 aliphatic rings. The number of carbonyl (C=O) groups excluding carboxylic acids is 3. The van der Waals surface area contributed by atoms with Crippen LogP contribution in [0.2, 0.25) is 0 Å². The molecule has 0 unspecified atom stereocenters. The van der Waals surface area contributed by atoms with Crippen LogP contribution in [0.1, 0.15) is 54.3 Å². The Kier molecular flexibility index (Phi) is 5.62. The Bertz CT molecular complexity index is 1040. The number of hydrogen-bond donors (Lipinski definition) is 0. The molecule has 2 heterocycles. The average Bonchev–Trinajstić information content (AvgIpc) is 2.98. The number of halogens is 1. The predicted molar refractivity (Wildman–Crippen MR) is 115 cm³/mol. The molecular weight excluding hydrogens is 415 g/mol. The fraction of sp³-hybridized carbons (Fsp3) is 0.375. The van der Waals surface area contributed by atoms with Crippen molar-refractivity contribution in [2.45, 2.75) is 45.3 Å². The number of carbonyl (C=O) groups is 3. The Morgan fingerprint density at radius 2 is 1.56 bits per heavy atom. The van der Waals surface area contributed by atoms with E-state index in [1.54, 1.807) is 35.2 Å². The van der Waals surface area contributed by atoms with Gasteiger partial charge in [0.1, 0.15) is 23.1 Å². The van der Waals surface area contributed by atoms with E-state index in [0.29, 0.717) is 25.9 Å². The Morgan fingerprint density at radius 3 is 2.12 bits per heavy atom. The summed E-state index contributed by atoms with van der Waals surface area (Å²) in [5, 5.41) is 0. The summed E-state index contributed by atoms with van der Waals surface area (Å²) in [6, 6.07) is 10.6. The van der Waals surface area contributed by atoms with Crippen molar-refractivity contribution in [3.63, 3.8) is 0 Å². The second-order valence-electron chi connectivity index (χ2n) is 8.86. The van der Waals surface area contributed by atoms with Crippen LogP contribution in [0.3, 0.4) is 0 Å². The SMILES string of the molecule is CC(C)(C)OC(=O)N1CCC(Oc2cccc(F)c2N2C(=O)c3ccccc3C2=O)CC1. The van der Waals surface area contributed by atoms with E-state index in [4.69, 9.17) is 9.47 Å². The molecule has 168 valence electrons. The first-order chi connectivity index (χ1) is 15.2. The number of para-hydroxylation sites is 1. The molecule has 0 aliphatic carbocycles. The molecule has 2 aliphatic heterocycles. The Balaban J connectivity index is 1.51. The van der Waals surface area contributed by atoms with Crippen molar-refractivity contribution >= 4 is 23.6 Å². The van der Waals surface area contributed by atoms with Crippen molar-refractivity contribution in [3.05, 3.63) is 59.4 Å². The van der Waals surface area contributed by atoms with Crippen LogP contribution in [0.15, 0.2) is 42.5 Å². The summed E-state index contributed by atoms with van der Waals surface area (Å²) in [6.45, 7) is 6.29. The van der Waals surface area contributed by atoms with Crippen molar-refractivity contribution in [1.82, 2.24) is 4.90 Å². The number of fused-ring (bicyclic) bond motifs is 1. The van der Waals surface area contributed by atoms with E-state index < -0.39 is 23.2 Å². The minimum atomic E-state index is -0.719. The quantitative estimate of drug-likeness (QED) is 0.661. The molecule has 0 radical (unpaired) electrons. The number of imide groups is 1. The zero-order valence-electron chi connectivity index (χ0n) is 18.3. The van der Waals surface area contributed by atoms with Crippen LogP contribution in [0.25, 0.3) is 0 Å². The number of ether oxygens (including phenoxy) is 2. The minimum Gasteiger partial charge on any atom is -0.488 e. The van der Waals surface area contributed by atoms with Gasteiger partial charge in [-0.2, -0.15) is 0 Å². The van der Waals surface area contributed by atoms with E-state index >= 15 is 0 Å². The Hall–Kier alpha value is -3.42. The topological polar surface area (TPSA) is 76.2 Å². The van der Waals surface area contributed by atoms with Gasteiger partial charge in [-0.1, -0.05) is 18.2 Å². The van der Waals surface area contributed by atoms with Crippen LogP contribution in [0.4, 0.5) is 14.9 Å². The van der Waals surface area contributed by atoms with Crippen LogP contribution in [0.5, 0.6) is 5.75 Å². The highest BCUT2D eigenvalue weighted by molar-refractivity contribution is 6.34. The first-order valence-electron chi connectivity index (χ1n) is 10.6. The fourth-order valence-electron chi connectivity index (χ4n) is 3.86. The minimum absolute atomic E-state index is 0.121. The summed E-state index contributed by atoms with van der Waals surface area (Å²) >= 11 is 0. The molecular formula is C24H25FN2O5. The molecule has 32 heavy (non-hydrogen) atoms. The number of likely N-dealkylation sites (tertiary alicyclic amines) is 1. The molecule has 8 heteroatoms. The van der Waals surface area contributed by atoms with E-state index in [9.17, 15) is 18.8 Å². The molecule has 0 N–H and O–H groups in total. The zero-order chi connectivity index (χ0) is 23.0.